The van der Waals surface area contributed by atoms with Crippen molar-refractivity contribution in [2.45, 2.75) is 6.92 Å². The molecule has 0 atom stereocenters. The molecule has 2 heterocycles. The van der Waals surface area contributed by atoms with Crippen LogP contribution in [-0.4, -0.2) is 54.1 Å². The molecule has 0 spiro atoms. The fourth-order valence-electron chi connectivity index (χ4n) is 1.70. The van der Waals surface area contributed by atoms with Gasteiger partial charge in [0.25, 0.3) is 0 Å². The number of hydrogen-bond donors (Lipinski definition) is 0. The molecule has 0 aliphatic carbocycles. The van der Waals surface area contributed by atoms with Gasteiger partial charge in [0.2, 0.25) is 5.95 Å². The molecule has 1 fully saturated rings. The molecule has 0 radical (unpaired) electrons. The maximum atomic E-state index is 10.7. The van der Waals surface area contributed by atoms with Gasteiger partial charge in [0.1, 0.15) is 0 Å². The number of ether oxygens (including phenoxy) is 1. The Kier molecular flexibility index (Phi) is 3.53. The third-order valence-electron chi connectivity index (χ3n) is 2.66. The first-order chi connectivity index (χ1) is 8.15. The third kappa shape index (κ3) is 3.13. The van der Waals surface area contributed by atoms with E-state index in [1.54, 1.807) is 0 Å². The van der Waals surface area contributed by atoms with Crippen LogP contribution in [0.3, 0.4) is 0 Å². The van der Waals surface area contributed by atoms with Gasteiger partial charge in [0.05, 0.1) is 12.4 Å². The summed E-state index contributed by atoms with van der Waals surface area (Å²) in [7, 11) is 2.10. The summed E-state index contributed by atoms with van der Waals surface area (Å²) < 4.78 is 4.88. The molecule has 6 nitrogen and oxygen atoms in total. The van der Waals surface area contributed by atoms with Crippen LogP contribution < -0.4 is 9.64 Å². The van der Waals surface area contributed by atoms with Crippen molar-refractivity contribution in [2.75, 3.05) is 38.1 Å². The van der Waals surface area contributed by atoms with Crippen LogP contribution in [0.25, 0.3) is 0 Å². The standard InChI is InChI=1S/C11H16N4O2/c1-9(16)17-10-7-12-11(13-8-10)15-5-3-14(2)4-6-15/h7-8H,3-6H2,1-2H3. The van der Waals surface area contributed by atoms with Crippen LogP contribution >= 0.6 is 0 Å². The van der Waals surface area contributed by atoms with Gasteiger partial charge in [0.15, 0.2) is 5.75 Å². The van der Waals surface area contributed by atoms with E-state index in [0.29, 0.717) is 11.7 Å². The molecule has 0 aromatic carbocycles. The quantitative estimate of drug-likeness (QED) is 0.681. The van der Waals surface area contributed by atoms with E-state index >= 15 is 0 Å². The molecule has 0 amide bonds. The van der Waals surface area contributed by atoms with Crippen LogP contribution in [0, 0.1) is 0 Å². The highest BCUT2D eigenvalue weighted by atomic mass is 16.5. The number of likely N-dealkylation sites (N-methyl/N-ethyl adjacent to an activating group) is 1. The molecule has 1 aliphatic heterocycles. The van der Waals surface area contributed by atoms with Crippen molar-refractivity contribution in [1.29, 1.82) is 0 Å². The summed E-state index contributed by atoms with van der Waals surface area (Å²) in [5.74, 6) is 0.713. The molecule has 2 rings (SSSR count). The van der Waals surface area contributed by atoms with Gasteiger partial charge in [-0.3, -0.25) is 4.79 Å². The Morgan fingerprint density at radius 2 is 1.82 bits per heavy atom. The van der Waals surface area contributed by atoms with E-state index in [9.17, 15) is 4.79 Å². The van der Waals surface area contributed by atoms with Crippen LogP contribution in [0.4, 0.5) is 5.95 Å². The van der Waals surface area contributed by atoms with Crippen molar-refractivity contribution in [2.24, 2.45) is 0 Å². The molecule has 0 N–H and O–H groups in total. The highest BCUT2D eigenvalue weighted by Gasteiger charge is 2.16. The molecular formula is C11H16N4O2. The second-order valence-electron chi connectivity index (χ2n) is 4.10. The van der Waals surface area contributed by atoms with Gasteiger partial charge in [-0.1, -0.05) is 0 Å². The summed E-state index contributed by atoms with van der Waals surface area (Å²) >= 11 is 0. The molecule has 0 unspecified atom stereocenters. The first-order valence-electron chi connectivity index (χ1n) is 5.59. The van der Waals surface area contributed by atoms with Crippen molar-refractivity contribution in [3.63, 3.8) is 0 Å². The first-order valence-corrected chi connectivity index (χ1v) is 5.59. The Morgan fingerprint density at radius 3 is 2.35 bits per heavy atom. The number of hydrogen-bond acceptors (Lipinski definition) is 6. The van der Waals surface area contributed by atoms with Gasteiger partial charge in [0, 0.05) is 33.1 Å². The maximum absolute atomic E-state index is 10.7. The second-order valence-corrected chi connectivity index (χ2v) is 4.10. The van der Waals surface area contributed by atoms with Gasteiger partial charge in [-0.05, 0) is 7.05 Å². The van der Waals surface area contributed by atoms with Gasteiger partial charge < -0.3 is 14.5 Å². The van der Waals surface area contributed by atoms with Crippen molar-refractivity contribution in [3.8, 4) is 5.75 Å². The van der Waals surface area contributed by atoms with Crippen LogP contribution in [-0.2, 0) is 4.79 Å². The Morgan fingerprint density at radius 1 is 1.24 bits per heavy atom. The normalized spacial score (nSPS) is 16.9. The Balaban J connectivity index is 2.00. The molecule has 1 aromatic rings. The van der Waals surface area contributed by atoms with Crippen LogP contribution in [0.1, 0.15) is 6.92 Å². The number of anilines is 1. The minimum absolute atomic E-state index is 0.360. The molecule has 1 saturated heterocycles. The SMILES string of the molecule is CC(=O)Oc1cnc(N2CCN(C)CC2)nc1. The van der Waals surface area contributed by atoms with Crippen LogP contribution in [0.5, 0.6) is 5.75 Å². The molecular weight excluding hydrogens is 220 g/mol. The topological polar surface area (TPSA) is 58.6 Å². The molecule has 17 heavy (non-hydrogen) atoms. The summed E-state index contributed by atoms with van der Waals surface area (Å²) in [5.41, 5.74) is 0. The zero-order valence-corrected chi connectivity index (χ0v) is 10.1. The molecule has 0 bridgehead atoms. The van der Waals surface area contributed by atoms with Gasteiger partial charge >= 0.3 is 5.97 Å². The lowest BCUT2D eigenvalue weighted by Crippen LogP contribution is -2.45. The fourth-order valence-corrected chi connectivity index (χ4v) is 1.70. The number of esters is 1. The van der Waals surface area contributed by atoms with Gasteiger partial charge in [-0.25, -0.2) is 9.97 Å². The number of rotatable bonds is 2. The smallest absolute Gasteiger partial charge is 0.308 e. The fraction of sp³-hybridized carbons (Fsp3) is 0.545. The molecule has 0 saturated carbocycles. The van der Waals surface area contributed by atoms with E-state index in [2.05, 4.69) is 26.8 Å². The summed E-state index contributed by atoms with van der Waals surface area (Å²) in [6.45, 7) is 5.21. The summed E-state index contributed by atoms with van der Waals surface area (Å²) in [5, 5.41) is 0. The predicted molar refractivity (Wildman–Crippen MR) is 63.1 cm³/mol. The second kappa shape index (κ2) is 5.09. The molecule has 92 valence electrons. The number of carbonyl (C=O) groups excluding carboxylic acids is 1. The monoisotopic (exact) mass is 236 g/mol. The highest BCUT2D eigenvalue weighted by molar-refractivity contribution is 5.69. The van der Waals surface area contributed by atoms with Crippen LogP contribution in [0.15, 0.2) is 12.4 Å². The van der Waals surface area contributed by atoms with Gasteiger partial charge in [-0.2, -0.15) is 0 Å². The van der Waals surface area contributed by atoms with Crippen LogP contribution in [0.2, 0.25) is 0 Å². The van der Waals surface area contributed by atoms with Crippen molar-refractivity contribution < 1.29 is 9.53 Å². The van der Waals surface area contributed by atoms with E-state index in [4.69, 9.17) is 4.74 Å². The summed E-state index contributed by atoms with van der Waals surface area (Å²) in [4.78, 5) is 23.5. The van der Waals surface area contributed by atoms with Gasteiger partial charge in [-0.15, -0.1) is 0 Å². The number of aromatic nitrogens is 2. The lowest BCUT2D eigenvalue weighted by molar-refractivity contribution is -0.131. The lowest BCUT2D eigenvalue weighted by atomic mass is 10.3. The molecule has 6 heteroatoms. The zero-order valence-electron chi connectivity index (χ0n) is 10.1. The van der Waals surface area contributed by atoms with Crippen molar-refractivity contribution in [1.82, 2.24) is 14.9 Å². The van der Waals surface area contributed by atoms with Crippen molar-refractivity contribution >= 4 is 11.9 Å². The maximum Gasteiger partial charge on any atom is 0.308 e. The highest BCUT2D eigenvalue weighted by Crippen LogP contribution is 2.13. The minimum atomic E-state index is -0.360. The zero-order chi connectivity index (χ0) is 12.3. The number of piperazine rings is 1. The summed E-state index contributed by atoms with van der Waals surface area (Å²) in [6.07, 6.45) is 3.06. The lowest BCUT2D eigenvalue weighted by Gasteiger charge is -2.32. The predicted octanol–water partition coefficient (Wildman–Crippen LogP) is 0.154. The molecule has 1 aliphatic rings. The molecule has 1 aromatic heterocycles. The van der Waals surface area contributed by atoms with E-state index in [1.165, 1.54) is 19.3 Å². The average molecular weight is 236 g/mol. The average Bonchev–Trinajstić information content (AvgIpc) is 2.30. The Labute approximate surface area is 100 Å². The van der Waals surface area contributed by atoms with E-state index in [1.807, 2.05) is 0 Å². The van der Waals surface area contributed by atoms with E-state index in [-0.39, 0.29) is 5.97 Å². The third-order valence-corrected chi connectivity index (χ3v) is 2.66. The number of carbonyl (C=O) groups is 1. The van der Waals surface area contributed by atoms with E-state index in [0.717, 1.165) is 26.2 Å². The first kappa shape index (κ1) is 11.8. The number of nitrogens with zero attached hydrogens (tertiary/aromatic N) is 4. The largest absolute Gasteiger partial charge is 0.423 e. The Bertz CT molecular complexity index is 385. The minimum Gasteiger partial charge on any atom is -0.423 e. The van der Waals surface area contributed by atoms with Crippen molar-refractivity contribution in [3.05, 3.63) is 12.4 Å². The summed E-state index contributed by atoms with van der Waals surface area (Å²) in [6, 6.07) is 0. The van der Waals surface area contributed by atoms with E-state index < -0.39 is 0 Å². The Hall–Kier alpha value is -1.69.